The van der Waals surface area contributed by atoms with Gasteiger partial charge in [0.2, 0.25) is 0 Å². The van der Waals surface area contributed by atoms with Gasteiger partial charge in [-0.2, -0.15) is 0 Å². The zero-order valence-corrected chi connectivity index (χ0v) is 10.9. The van der Waals surface area contributed by atoms with Crippen LogP contribution < -0.4 is 0 Å². The van der Waals surface area contributed by atoms with Crippen molar-refractivity contribution in [2.24, 2.45) is 0 Å². The molecule has 0 saturated carbocycles. The summed E-state index contributed by atoms with van der Waals surface area (Å²) in [6.07, 6.45) is 7.19. The minimum atomic E-state index is 1.10. The van der Waals surface area contributed by atoms with E-state index in [1.54, 1.807) is 12.4 Å². The highest BCUT2D eigenvalue weighted by Crippen LogP contribution is 2.14. The predicted molar refractivity (Wildman–Crippen MR) is 78.6 cm³/mol. The molecule has 19 heavy (non-hydrogen) atoms. The van der Waals surface area contributed by atoms with E-state index in [1.807, 2.05) is 54.9 Å². The molecule has 0 spiro atoms. The molecule has 0 radical (unpaired) electrons. The Balaban J connectivity index is 0.000000163. The topological polar surface area (TPSA) is 25.8 Å². The van der Waals surface area contributed by atoms with Crippen LogP contribution in [0.15, 0.2) is 79.4 Å². The number of hydrogen-bond acceptors (Lipinski definition) is 2. The van der Waals surface area contributed by atoms with E-state index in [1.165, 1.54) is 5.56 Å². The van der Waals surface area contributed by atoms with Gasteiger partial charge in [0.25, 0.3) is 0 Å². The van der Waals surface area contributed by atoms with Crippen LogP contribution in [0.2, 0.25) is 0 Å². The molecule has 0 aliphatic heterocycles. The van der Waals surface area contributed by atoms with Crippen LogP contribution in [0, 0.1) is 6.92 Å². The molecular formula is C17H16N2. The molecule has 0 N–H and O–H groups in total. The Hall–Kier alpha value is -2.48. The standard InChI is InChI=1S/C10H8N2.C7H8/c1-3-9(7-11-5-1)10-4-2-6-12-8-10;1-7-5-3-2-4-6-7/h1-8H;2-6H,1H3. The highest BCUT2D eigenvalue weighted by atomic mass is 14.6. The van der Waals surface area contributed by atoms with E-state index in [2.05, 4.69) is 29.0 Å². The van der Waals surface area contributed by atoms with Crippen LogP contribution in [0.5, 0.6) is 0 Å². The van der Waals surface area contributed by atoms with Crippen molar-refractivity contribution in [3.8, 4) is 11.1 Å². The van der Waals surface area contributed by atoms with Crippen molar-refractivity contribution in [2.75, 3.05) is 0 Å². The first-order valence-electron chi connectivity index (χ1n) is 6.18. The zero-order valence-electron chi connectivity index (χ0n) is 10.9. The quantitative estimate of drug-likeness (QED) is 0.647. The smallest absolute Gasteiger partial charge is 0.0346 e. The van der Waals surface area contributed by atoms with Gasteiger partial charge in [0, 0.05) is 35.9 Å². The lowest BCUT2D eigenvalue weighted by Crippen LogP contribution is -1.79. The third-order valence-corrected chi connectivity index (χ3v) is 2.60. The van der Waals surface area contributed by atoms with Gasteiger partial charge in [0.1, 0.15) is 0 Å². The summed E-state index contributed by atoms with van der Waals surface area (Å²) in [4.78, 5) is 8.07. The third-order valence-electron chi connectivity index (χ3n) is 2.60. The highest BCUT2D eigenvalue weighted by molar-refractivity contribution is 5.60. The number of nitrogens with zero attached hydrogens (tertiary/aromatic N) is 2. The predicted octanol–water partition coefficient (Wildman–Crippen LogP) is 4.14. The number of rotatable bonds is 1. The molecular weight excluding hydrogens is 232 g/mol. The second-order valence-corrected chi connectivity index (χ2v) is 4.14. The van der Waals surface area contributed by atoms with E-state index in [0.717, 1.165) is 11.1 Å². The summed E-state index contributed by atoms with van der Waals surface area (Å²) in [7, 11) is 0. The summed E-state index contributed by atoms with van der Waals surface area (Å²) in [6, 6.07) is 18.1. The molecule has 3 rings (SSSR count). The van der Waals surface area contributed by atoms with E-state index in [0.29, 0.717) is 0 Å². The fraction of sp³-hybridized carbons (Fsp3) is 0.0588. The first kappa shape index (κ1) is 13.0. The summed E-state index contributed by atoms with van der Waals surface area (Å²) >= 11 is 0. The number of hydrogen-bond donors (Lipinski definition) is 0. The molecule has 0 bridgehead atoms. The van der Waals surface area contributed by atoms with E-state index in [4.69, 9.17) is 0 Å². The molecule has 2 nitrogen and oxygen atoms in total. The molecule has 0 aliphatic carbocycles. The molecule has 94 valence electrons. The Morgan fingerprint density at radius 2 is 1.16 bits per heavy atom. The largest absolute Gasteiger partial charge is 0.264 e. The Kier molecular flexibility index (Phi) is 4.82. The lowest BCUT2D eigenvalue weighted by atomic mass is 10.1. The molecule has 0 unspecified atom stereocenters. The van der Waals surface area contributed by atoms with Gasteiger partial charge in [-0.3, -0.25) is 9.97 Å². The van der Waals surface area contributed by atoms with Crippen LogP contribution in [-0.4, -0.2) is 9.97 Å². The fourth-order valence-electron chi connectivity index (χ4n) is 1.60. The fourth-order valence-corrected chi connectivity index (χ4v) is 1.60. The van der Waals surface area contributed by atoms with E-state index >= 15 is 0 Å². The molecule has 2 heteroatoms. The lowest BCUT2D eigenvalue weighted by molar-refractivity contribution is 1.30. The van der Waals surface area contributed by atoms with Crippen molar-refractivity contribution in [3.63, 3.8) is 0 Å². The Morgan fingerprint density at radius 3 is 1.47 bits per heavy atom. The average Bonchev–Trinajstić information content (AvgIpc) is 2.51. The molecule has 0 aliphatic rings. The SMILES string of the molecule is Cc1ccccc1.c1cncc(-c2cccnc2)c1. The molecule has 2 heterocycles. The third kappa shape index (κ3) is 4.36. The van der Waals surface area contributed by atoms with Crippen LogP contribution in [-0.2, 0) is 0 Å². The maximum atomic E-state index is 4.03. The number of aromatic nitrogens is 2. The molecule has 1 aromatic carbocycles. The molecule has 0 amide bonds. The van der Waals surface area contributed by atoms with Gasteiger partial charge in [-0.15, -0.1) is 0 Å². The Morgan fingerprint density at radius 1 is 0.632 bits per heavy atom. The van der Waals surface area contributed by atoms with Gasteiger partial charge < -0.3 is 0 Å². The Labute approximate surface area is 113 Å². The highest BCUT2D eigenvalue weighted by Gasteiger charge is 1.93. The van der Waals surface area contributed by atoms with Gasteiger partial charge in [0.15, 0.2) is 0 Å². The van der Waals surface area contributed by atoms with Gasteiger partial charge in [-0.1, -0.05) is 48.0 Å². The van der Waals surface area contributed by atoms with Crippen molar-refractivity contribution in [1.82, 2.24) is 9.97 Å². The van der Waals surface area contributed by atoms with E-state index < -0.39 is 0 Å². The van der Waals surface area contributed by atoms with E-state index in [-0.39, 0.29) is 0 Å². The summed E-state index contributed by atoms with van der Waals surface area (Å²) in [5, 5.41) is 0. The van der Waals surface area contributed by atoms with Crippen molar-refractivity contribution < 1.29 is 0 Å². The number of pyridine rings is 2. The lowest BCUT2D eigenvalue weighted by Gasteiger charge is -1.97. The van der Waals surface area contributed by atoms with Crippen LogP contribution in [0.1, 0.15) is 5.56 Å². The minimum absolute atomic E-state index is 1.10. The van der Waals surface area contributed by atoms with Gasteiger partial charge in [-0.25, -0.2) is 0 Å². The molecule has 2 aromatic heterocycles. The first-order valence-corrected chi connectivity index (χ1v) is 6.18. The monoisotopic (exact) mass is 248 g/mol. The van der Waals surface area contributed by atoms with Crippen molar-refractivity contribution in [3.05, 3.63) is 84.9 Å². The van der Waals surface area contributed by atoms with Gasteiger partial charge in [0.05, 0.1) is 0 Å². The first-order chi connectivity index (χ1) is 9.36. The van der Waals surface area contributed by atoms with Crippen LogP contribution in [0.4, 0.5) is 0 Å². The molecule has 0 saturated heterocycles. The van der Waals surface area contributed by atoms with E-state index in [9.17, 15) is 0 Å². The maximum Gasteiger partial charge on any atom is 0.0346 e. The maximum absolute atomic E-state index is 4.03. The van der Waals surface area contributed by atoms with Crippen LogP contribution in [0.25, 0.3) is 11.1 Å². The van der Waals surface area contributed by atoms with Crippen molar-refractivity contribution in [1.29, 1.82) is 0 Å². The van der Waals surface area contributed by atoms with Crippen molar-refractivity contribution >= 4 is 0 Å². The molecule has 0 atom stereocenters. The summed E-state index contributed by atoms with van der Waals surface area (Å²) < 4.78 is 0. The summed E-state index contributed by atoms with van der Waals surface area (Å²) in [6.45, 7) is 2.08. The minimum Gasteiger partial charge on any atom is -0.264 e. The Bertz CT molecular complexity index is 540. The van der Waals surface area contributed by atoms with Gasteiger partial charge in [-0.05, 0) is 19.1 Å². The number of benzene rings is 1. The average molecular weight is 248 g/mol. The van der Waals surface area contributed by atoms with Crippen molar-refractivity contribution in [2.45, 2.75) is 6.92 Å². The molecule has 0 fully saturated rings. The second-order valence-electron chi connectivity index (χ2n) is 4.14. The summed E-state index contributed by atoms with van der Waals surface area (Å²) in [5.74, 6) is 0. The van der Waals surface area contributed by atoms with Crippen LogP contribution in [0.3, 0.4) is 0 Å². The van der Waals surface area contributed by atoms with Gasteiger partial charge >= 0.3 is 0 Å². The normalized spacial score (nSPS) is 9.32. The molecule has 3 aromatic rings. The second kappa shape index (κ2) is 7.07. The van der Waals surface area contributed by atoms with Crippen LogP contribution >= 0.6 is 0 Å². The number of aryl methyl sites for hydroxylation is 1. The zero-order chi connectivity index (χ0) is 13.3. The summed E-state index contributed by atoms with van der Waals surface area (Å²) in [5.41, 5.74) is 3.53.